The van der Waals surface area contributed by atoms with E-state index in [-0.39, 0.29) is 11.5 Å². The van der Waals surface area contributed by atoms with Crippen LogP contribution in [0.3, 0.4) is 0 Å². The van der Waals surface area contributed by atoms with Gasteiger partial charge in [0.2, 0.25) is 0 Å². The van der Waals surface area contributed by atoms with Crippen molar-refractivity contribution in [3.05, 3.63) is 35.3 Å². The summed E-state index contributed by atoms with van der Waals surface area (Å²) in [5.41, 5.74) is 8.40. The van der Waals surface area contributed by atoms with Crippen LogP contribution >= 0.6 is 0 Å². The lowest BCUT2D eigenvalue weighted by Gasteiger charge is -2.60. The second kappa shape index (κ2) is 12.2. The van der Waals surface area contributed by atoms with E-state index in [9.17, 15) is 0 Å². The van der Waals surface area contributed by atoms with Gasteiger partial charge in [-0.2, -0.15) is 5.11 Å². The molecule has 1 heterocycles. The van der Waals surface area contributed by atoms with E-state index >= 15 is 0 Å². The molecular weight excluding hydrogens is 372 g/mol. The molecule has 1 spiro atoms. The Hall–Kier alpha value is -1.67. The number of nitrogens with one attached hydrogen (secondary N) is 1. The molecule has 5 nitrogen and oxygen atoms in total. The maximum absolute atomic E-state index is 7.86. The molecule has 0 saturated carbocycles. The summed E-state index contributed by atoms with van der Waals surface area (Å²) in [4.78, 5) is 5.50. The number of allylic oxidation sites excluding steroid dienone is 1. The van der Waals surface area contributed by atoms with Gasteiger partial charge in [-0.25, -0.2) is 12.1 Å². The minimum Gasteiger partial charge on any atom is -0.367 e. The Kier molecular flexibility index (Phi) is 10.0. The van der Waals surface area contributed by atoms with E-state index in [2.05, 4.69) is 29.9 Å². The number of rotatable bonds is 15. The van der Waals surface area contributed by atoms with Gasteiger partial charge in [0, 0.05) is 18.2 Å². The third kappa shape index (κ3) is 5.52. The largest absolute Gasteiger partial charge is 0.367 e. The fraction of sp³-hybridized carbons (Fsp3) is 0.800. The Morgan fingerprint density at radius 2 is 1.70 bits per heavy atom. The molecule has 0 bridgehead atoms. The van der Waals surface area contributed by atoms with Crippen LogP contribution in [-0.2, 0) is 4.74 Å². The van der Waals surface area contributed by atoms with Crippen molar-refractivity contribution in [1.29, 1.82) is 5.53 Å². The van der Waals surface area contributed by atoms with Crippen molar-refractivity contribution in [3.63, 3.8) is 0 Å². The van der Waals surface area contributed by atoms with Crippen molar-refractivity contribution in [1.82, 2.24) is 4.90 Å². The highest BCUT2D eigenvalue weighted by Gasteiger charge is 2.63. The van der Waals surface area contributed by atoms with Gasteiger partial charge in [-0.05, 0) is 25.0 Å². The lowest BCUT2D eigenvalue weighted by atomic mass is 9.58. The van der Waals surface area contributed by atoms with Crippen molar-refractivity contribution in [2.24, 2.45) is 10.5 Å². The Bertz CT molecular complexity index is 638. The number of hydrogen-bond donors (Lipinski definition) is 1. The van der Waals surface area contributed by atoms with E-state index in [1.165, 1.54) is 64.2 Å². The fourth-order valence-corrected chi connectivity index (χ4v) is 5.08. The molecule has 1 saturated heterocycles. The highest BCUT2D eigenvalue weighted by Crippen LogP contribution is 2.57. The molecule has 0 amide bonds. The molecule has 0 aromatic rings. The third-order valence-electron chi connectivity index (χ3n) is 7.05. The monoisotopic (exact) mass is 414 g/mol. The van der Waals surface area contributed by atoms with Crippen molar-refractivity contribution >= 4 is 0 Å². The van der Waals surface area contributed by atoms with E-state index < -0.39 is 5.60 Å². The van der Waals surface area contributed by atoms with Gasteiger partial charge in [0.05, 0.1) is 6.61 Å². The summed E-state index contributed by atoms with van der Waals surface area (Å²) in [7, 11) is 1.95. The molecule has 1 aliphatic heterocycles. The number of likely N-dealkylation sites (N-methyl/N-ethyl adjacent to an activating group) is 1. The van der Waals surface area contributed by atoms with Crippen LogP contribution in [0, 0.1) is 17.5 Å². The molecule has 0 aromatic carbocycles. The first-order chi connectivity index (χ1) is 14.6. The van der Waals surface area contributed by atoms with Gasteiger partial charge < -0.3 is 9.64 Å². The van der Waals surface area contributed by atoms with E-state index in [1.807, 2.05) is 24.1 Å². The fourth-order valence-electron chi connectivity index (χ4n) is 5.08. The van der Waals surface area contributed by atoms with Gasteiger partial charge in [0.15, 0.2) is 0 Å². The Labute approximate surface area is 184 Å². The second-order valence-corrected chi connectivity index (χ2v) is 9.19. The number of unbranched alkanes of at least 4 members (excludes halogenated alkanes) is 8. The Morgan fingerprint density at radius 3 is 2.23 bits per heavy atom. The summed E-state index contributed by atoms with van der Waals surface area (Å²) >= 11 is 0. The predicted molar refractivity (Wildman–Crippen MR) is 123 cm³/mol. The molecule has 3 unspecified atom stereocenters. The minimum atomic E-state index is -0.523. The number of nitrogens with zero attached hydrogens (tertiary/aromatic N) is 3. The normalized spacial score (nSPS) is 27.4. The van der Waals surface area contributed by atoms with Crippen LogP contribution in [0.15, 0.2) is 29.0 Å². The standard InChI is InChI=1S/C25H42N4O/c1-5-7-9-11-12-14-18-24(17-13-10-8-6-2)20-30-25(24)19-22(29(4)21-27-3)15-16-23(25)28-26/h15-16,19,23,26H,5-14,17-18,20-21H2,1-2,4H3. The first kappa shape index (κ1) is 24.6. The third-order valence-corrected chi connectivity index (χ3v) is 7.05. The molecule has 168 valence electrons. The van der Waals surface area contributed by atoms with Gasteiger partial charge in [-0.1, -0.05) is 84.1 Å². The van der Waals surface area contributed by atoms with Crippen molar-refractivity contribution < 1.29 is 4.74 Å². The quantitative estimate of drug-likeness (QED) is 0.176. The van der Waals surface area contributed by atoms with Crippen LogP contribution in [0.4, 0.5) is 0 Å². The summed E-state index contributed by atoms with van der Waals surface area (Å²) in [5, 5.41) is 3.99. The zero-order valence-electron chi connectivity index (χ0n) is 19.5. The number of ether oxygens (including phenoxy) is 1. The molecule has 1 N–H and O–H groups in total. The molecule has 30 heavy (non-hydrogen) atoms. The molecule has 3 atom stereocenters. The molecule has 1 aliphatic carbocycles. The Morgan fingerprint density at radius 1 is 1.10 bits per heavy atom. The van der Waals surface area contributed by atoms with Gasteiger partial charge in [-0.3, -0.25) is 4.85 Å². The molecule has 2 aliphatic rings. The first-order valence-corrected chi connectivity index (χ1v) is 12.0. The predicted octanol–water partition coefficient (Wildman–Crippen LogP) is 7.12. The molecular formula is C25H42N4O. The van der Waals surface area contributed by atoms with Gasteiger partial charge in [0.25, 0.3) is 6.67 Å². The van der Waals surface area contributed by atoms with E-state index in [0.29, 0.717) is 6.67 Å². The lowest BCUT2D eigenvalue weighted by molar-refractivity contribution is -0.253. The van der Waals surface area contributed by atoms with Gasteiger partial charge >= 0.3 is 0 Å². The zero-order chi connectivity index (χ0) is 21.9. The summed E-state index contributed by atoms with van der Waals surface area (Å²) in [5.74, 6) is 0. The minimum absolute atomic E-state index is 0.0513. The maximum Gasteiger partial charge on any atom is 0.289 e. The topological polar surface area (TPSA) is 53.0 Å². The summed E-state index contributed by atoms with van der Waals surface area (Å²) < 4.78 is 6.34. The smallest absolute Gasteiger partial charge is 0.289 e. The van der Waals surface area contributed by atoms with E-state index in [1.54, 1.807) is 0 Å². The van der Waals surface area contributed by atoms with Gasteiger partial charge in [-0.15, -0.1) is 0 Å². The first-order valence-electron chi connectivity index (χ1n) is 12.0. The average Bonchev–Trinajstić information content (AvgIpc) is 2.76. The summed E-state index contributed by atoms with van der Waals surface area (Å²) in [6, 6.07) is -0.261. The average molecular weight is 415 g/mol. The molecule has 0 radical (unpaired) electrons. The lowest BCUT2D eigenvalue weighted by Crippen LogP contribution is -2.67. The highest BCUT2D eigenvalue weighted by atomic mass is 16.5. The molecule has 2 rings (SSSR count). The van der Waals surface area contributed by atoms with Crippen LogP contribution in [0.5, 0.6) is 0 Å². The summed E-state index contributed by atoms with van der Waals surface area (Å²) in [6.07, 6.45) is 21.3. The van der Waals surface area contributed by atoms with Crippen molar-refractivity contribution in [2.45, 2.75) is 103 Å². The second-order valence-electron chi connectivity index (χ2n) is 9.19. The van der Waals surface area contributed by atoms with Crippen LogP contribution < -0.4 is 0 Å². The summed E-state index contributed by atoms with van der Waals surface area (Å²) in [6.45, 7) is 12.8. The van der Waals surface area contributed by atoms with Crippen LogP contribution in [0.2, 0.25) is 0 Å². The zero-order valence-corrected chi connectivity index (χ0v) is 19.5. The van der Waals surface area contributed by atoms with Crippen molar-refractivity contribution in [3.8, 4) is 0 Å². The molecule has 5 heteroatoms. The molecule has 0 aromatic heterocycles. The highest BCUT2D eigenvalue weighted by molar-refractivity contribution is 5.37. The number of hydrogen-bond acceptors (Lipinski definition) is 4. The van der Waals surface area contributed by atoms with Crippen LogP contribution in [0.1, 0.15) is 90.9 Å². The van der Waals surface area contributed by atoms with Crippen molar-refractivity contribution in [2.75, 3.05) is 20.3 Å². The SMILES string of the molecule is [C-]#[N+]CN(C)C1=CC2(OCC2(CCCCCC)CCCCCCCC)C(N=N)C=C1. The van der Waals surface area contributed by atoms with E-state index in [4.69, 9.17) is 16.8 Å². The Balaban J connectivity index is 2.19. The van der Waals surface area contributed by atoms with Crippen LogP contribution in [0.25, 0.3) is 4.85 Å². The maximum atomic E-state index is 7.86. The van der Waals surface area contributed by atoms with Crippen LogP contribution in [-0.4, -0.2) is 36.9 Å². The van der Waals surface area contributed by atoms with E-state index in [0.717, 1.165) is 25.1 Å². The van der Waals surface area contributed by atoms with Gasteiger partial charge in [0.1, 0.15) is 11.6 Å². The molecule has 1 fully saturated rings.